The van der Waals surface area contributed by atoms with Crippen LogP contribution in [0.4, 0.5) is 0 Å². The summed E-state index contributed by atoms with van der Waals surface area (Å²) < 4.78 is 0. The molecule has 1 aliphatic rings. The van der Waals surface area contributed by atoms with Crippen molar-refractivity contribution in [2.75, 3.05) is 13.1 Å². The number of aliphatic carboxylic acids is 1. The van der Waals surface area contributed by atoms with E-state index in [0.717, 1.165) is 5.56 Å². The van der Waals surface area contributed by atoms with E-state index in [1.165, 1.54) is 4.90 Å². The first-order valence-corrected chi connectivity index (χ1v) is 15.2. The normalized spacial score (nSPS) is 15.8. The third kappa shape index (κ3) is 9.19. The van der Waals surface area contributed by atoms with E-state index in [1.54, 1.807) is 48.6 Å². The van der Waals surface area contributed by atoms with E-state index in [9.17, 15) is 19.2 Å². The number of hydrogen-bond donors (Lipinski definition) is 2. The number of likely N-dealkylation sites (tertiary alicyclic amines) is 1. The summed E-state index contributed by atoms with van der Waals surface area (Å²) in [5, 5.41) is 13.1. The van der Waals surface area contributed by atoms with Crippen LogP contribution < -0.4 is 5.32 Å². The van der Waals surface area contributed by atoms with E-state index in [0.29, 0.717) is 42.4 Å². The van der Waals surface area contributed by atoms with E-state index in [2.05, 4.69) is 5.32 Å². The van der Waals surface area contributed by atoms with Crippen molar-refractivity contribution in [2.24, 2.45) is 0 Å². The molecular weight excluding hydrogens is 646 g/mol. The molecule has 0 bridgehead atoms. The van der Waals surface area contributed by atoms with E-state index in [1.807, 2.05) is 30.3 Å². The predicted molar refractivity (Wildman–Crippen MR) is 174 cm³/mol. The molecule has 1 unspecified atom stereocenters. The van der Waals surface area contributed by atoms with Crippen molar-refractivity contribution in [1.82, 2.24) is 10.2 Å². The Kier molecular flexibility index (Phi) is 11.6. The van der Waals surface area contributed by atoms with Gasteiger partial charge < -0.3 is 15.3 Å². The Morgan fingerprint density at radius 2 is 1.34 bits per heavy atom. The zero-order chi connectivity index (χ0) is 31.8. The van der Waals surface area contributed by atoms with Crippen molar-refractivity contribution >= 4 is 82.1 Å². The molecule has 7 nitrogen and oxygen atoms in total. The first-order chi connectivity index (χ1) is 21.0. The maximum absolute atomic E-state index is 14.1. The number of carboxylic acid groups (broad SMARTS) is 1. The smallest absolute Gasteiger partial charge is 0.303 e. The van der Waals surface area contributed by atoms with Gasteiger partial charge in [-0.2, -0.15) is 0 Å². The molecule has 3 aromatic rings. The van der Waals surface area contributed by atoms with Crippen LogP contribution in [-0.2, 0) is 25.6 Å². The van der Waals surface area contributed by atoms with Crippen LogP contribution in [0.5, 0.6) is 0 Å². The minimum atomic E-state index is -1.00. The molecule has 1 fully saturated rings. The number of carbonyl (C=O) groups is 4. The van der Waals surface area contributed by atoms with Crippen molar-refractivity contribution in [1.29, 1.82) is 0 Å². The number of benzene rings is 3. The van der Waals surface area contributed by atoms with Gasteiger partial charge in [-0.15, -0.1) is 0 Å². The number of halogens is 4. The van der Waals surface area contributed by atoms with Crippen molar-refractivity contribution in [3.05, 3.63) is 115 Å². The highest BCUT2D eigenvalue weighted by Gasteiger charge is 2.33. The highest BCUT2D eigenvalue weighted by molar-refractivity contribution is 6.42. The van der Waals surface area contributed by atoms with Crippen LogP contribution in [0.25, 0.3) is 12.2 Å². The van der Waals surface area contributed by atoms with Crippen molar-refractivity contribution < 1.29 is 24.3 Å². The number of ketones is 1. The molecule has 0 aromatic heterocycles. The molecule has 2 N–H and O–H groups in total. The lowest BCUT2D eigenvalue weighted by Crippen LogP contribution is -2.52. The van der Waals surface area contributed by atoms with Crippen molar-refractivity contribution in [3.8, 4) is 0 Å². The van der Waals surface area contributed by atoms with Crippen LogP contribution in [0, 0.1) is 0 Å². The highest BCUT2D eigenvalue weighted by Crippen LogP contribution is 2.28. The Balaban J connectivity index is 1.69. The number of Topliss-reactive ketones (excluding diaryl/α,β-unsaturated/α-hetero) is 1. The SMILES string of the molecule is O=C(O)CCCC(=O)NC(Cc1ccccc1)C(=O)N1CC(=Cc2ccc(Cl)c(Cl)c2)C(=O)C(=Cc2ccc(Cl)c(Cl)c2)C1. The monoisotopic (exact) mass is 672 g/mol. The number of amides is 2. The number of hydrogen-bond acceptors (Lipinski definition) is 4. The van der Waals surface area contributed by atoms with Crippen LogP contribution in [0.15, 0.2) is 77.9 Å². The summed E-state index contributed by atoms with van der Waals surface area (Å²) in [6, 6.07) is 18.2. The van der Waals surface area contributed by atoms with Gasteiger partial charge in [-0.05, 0) is 59.5 Å². The minimum absolute atomic E-state index is 0.0171. The second-order valence-electron chi connectivity index (χ2n) is 10.3. The van der Waals surface area contributed by atoms with E-state index >= 15 is 0 Å². The summed E-state index contributed by atoms with van der Waals surface area (Å²) in [5.41, 5.74) is 2.74. The number of carbonyl (C=O) groups excluding carboxylic acids is 3. The lowest BCUT2D eigenvalue weighted by Gasteiger charge is -2.33. The minimum Gasteiger partial charge on any atom is -0.481 e. The maximum atomic E-state index is 14.1. The molecule has 3 aromatic carbocycles. The highest BCUT2D eigenvalue weighted by atomic mass is 35.5. The molecule has 0 spiro atoms. The second-order valence-corrected chi connectivity index (χ2v) is 11.9. The fraction of sp³-hybridized carbons (Fsp3) is 0.212. The maximum Gasteiger partial charge on any atom is 0.303 e. The molecule has 1 aliphatic heterocycles. The quantitative estimate of drug-likeness (QED) is 0.222. The third-order valence-electron chi connectivity index (χ3n) is 6.90. The largest absolute Gasteiger partial charge is 0.481 e. The van der Waals surface area contributed by atoms with Crippen LogP contribution in [0.2, 0.25) is 20.1 Å². The van der Waals surface area contributed by atoms with Crippen LogP contribution in [0.1, 0.15) is 36.0 Å². The number of nitrogens with zero attached hydrogens (tertiary/aromatic N) is 1. The fourth-order valence-electron chi connectivity index (χ4n) is 4.74. The van der Waals surface area contributed by atoms with Gasteiger partial charge in [0.05, 0.1) is 20.1 Å². The fourth-order valence-corrected chi connectivity index (χ4v) is 5.35. The summed E-state index contributed by atoms with van der Waals surface area (Å²) in [6.07, 6.45) is 3.44. The standard InChI is InChI=1S/C33H28Cl4N2O5/c34-25-11-9-21(15-27(25)36)13-23-18-39(19-24(32(23)43)14-22-10-12-26(35)28(37)16-22)33(44)29(17-20-5-2-1-3-6-20)38-30(40)7-4-8-31(41)42/h1-3,5-6,9-16,29H,4,7-8,17-19H2,(H,38,40)(H,41,42). The van der Waals surface area contributed by atoms with Gasteiger partial charge in [0.15, 0.2) is 5.78 Å². The Hall–Kier alpha value is -3.62. The molecule has 2 amide bonds. The average Bonchev–Trinajstić information content (AvgIpc) is 2.98. The average molecular weight is 674 g/mol. The van der Waals surface area contributed by atoms with Gasteiger partial charge in [-0.25, -0.2) is 0 Å². The first kappa shape index (κ1) is 33.3. The number of nitrogens with one attached hydrogen (secondary N) is 1. The van der Waals surface area contributed by atoms with Gasteiger partial charge in [0, 0.05) is 43.5 Å². The van der Waals surface area contributed by atoms with Crippen LogP contribution in [-0.4, -0.2) is 52.7 Å². The van der Waals surface area contributed by atoms with Gasteiger partial charge in [-0.1, -0.05) is 88.9 Å². The lowest BCUT2D eigenvalue weighted by atomic mass is 9.93. The molecule has 0 radical (unpaired) electrons. The zero-order valence-corrected chi connectivity index (χ0v) is 26.4. The van der Waals surface area contributed by atoms with Gasteiger partial charge in [0.25, 0.3) is 0 Å². The molecule has 1 saturated heterocycles. The summed E-state index contributed by atoms with van der Waals surface area (Å²) >= 11 is 24.6. The molecule has 1 atom stereocenters. The molecule has 11 heteroatoms. The van der Waals surface area contributed by atoms with E-state index in [4.69, 9.17) is 51.5 Å². The van der Waals surface area contributed by atoms with Gasteiger partial charge >= 0.3 is 5.97 Å². The summed E-state index contributed by atoms with van der Waals surface area (Å²) in [4.78, 5) is 53.0. The predicted octanol–water partition coefficient (Wildman–Crippen LogP) is 7.16. The summed E-state index contributed by atoms with van der Waals surface area (Å²) in [6.45, 7) is -0.0341. The van der Waals surface area contributed by atoms with Gasteiger partial charge in [-0.3, -0.25) is 19.2 Å². The number of piperidine rings is 1. The Labute approximate surface area is 275 Å². The summed E-state index contributed by atoms with van der Waals surface area (Å²) in [5.74, 6) is -2.10. The zero-order valence-electron chi connectivity index (χ0n) is 23.4. The molecule has 44 heavy (non-hydrogen) atoms. The van der Waals surface area contributed by atoms with Gasteiger partial charge in [0.2, 0.25) is 11.8 Å². The summed E-state index contributed by atoms with van der Waals surface area (Å²) in [7, 11) is 0. The van der Waals surface area contributed by atoms with Crippen LogP contribution in [0.3, 0.4) is 0 Å². The Bertz CT molecular complexity index is 1560. The van der Waals surface area contributed by atoms with Crippen molar-refractivity contribution in [3.63, 3.8) is 0 Å². The second kappa shape index (κ2) is 15.4. The lowest BCUT2D eigenvalue weighted by molar-refractivity contribution is -0.138. The van der Waals surface area contributed by atoms with E-state index in [-0.39, 0.29) is 44.6 Å². The Morgan fingerprint density at radius 3 is 1.84 bits per heavy atom. The molecule has 0 aliphatic carbocycles. The molecule has 4 rings (SSSR count). The number of carboxylic acids is 1. The molecular formula is C33H28Cl4N2O5. The third-order valence-corrected chi connectivity index (χ3v) is 8.37. The van der Waals surface area contributed by atoms with Crippen LogP contribution >= 0.6 is 46.4 Å². The molecule has 228 valence electrons. The van der Waals surface area contributed by atoms with E-state index < -0.39 is 23.8 Å². The molecule has 1 heterocycles. The van der Waals surface area contributed by atoms with Gasteiger partial charge in [0.1, 0.15) is 6.04 Å². The Morgan fingerprint density at radius 1 is 0.795 bits per heavy atom. The molecule has 0 saturated carbocycles. The first-order valence-electron chi connectivity index (χ1n) is 13.7. The topological polar surface area (TPSA) is 104 Å². The number of rotatable bonds is 10. The van der Waals surface area contributed by atoms with Crippen molar-refractivity contribution in [2.45, 2.75) is 31.7 Å².